The molecule has 1 rings (SSSR count). The van der Waals surface area contributed by atoms with E-state index in [1.54, 1.807) is 19.1 Å². The number of para-hydroxylation sites is 1. The summed E-state index contributed by atoms with van der Waals surface area (Å²) in [7, 11) is 0. The van der Waals surface area contributed by atoms with Gasteiger partial charge in [0.25, 0.3) is 0 Å². The van der Waals surface area contributed by atoms with Crippen LogP contribution in [0.4, 0.5) is 0 Å². The minimum atomic E-state index is -1.43. The first kappa shape index (κ1) is 12.0. The van der Waals surface area contributed by atoms with Gasteiger partial charge in [-0.2, -0.15) is 0 Å². The molecule has 1 aromatic rings. The number of carbonyl (C=O) groups is 2. The molecule has 14 heavy (non-hydrogen) atoms. The van der Waals surface area contributed by atoms with Crippen molar-refractivity contribution in [3.8, 4) is 11.5 Å². The van der Waals surface area contributed by atoms with Gasteiger partial charge < -0.3 is 15.3 Å². The van der Waals surface area contributed by atoms with Crippen LogP contribution < -0.4 is 0 Å². The molecule has 0 aliphatic carbocycles. The lowest BCUT2D eigenvalue weighted by molar-refractivity contribution is -0.143. The van der Waals surface area contributed by atoms with Gasteiger partial charge in [0.2, 0.25) is 6.29 Å². The Morgan fingerprint density at radius 2 is 1.86 bits per heavy atom. The summed E-state index contributed by atoms with van der Waals surface area (Å²) < 4.78 is 0. The van der Waals surface area contributed by atoms with Crippen LogP contribution in [0, 0.1) is 6.92 Å². The summed E-state index contributed by atoms with van der Waals surface area (Å²) in [6.07, 6.45) is -0.167. The van der Waals surface area contributed by atoms with E-state index in [1.807, 2.05) is 0 Å². The molecule has 0 unspecified atom stereocenters. The molecule has 0 heterocycles. The number of aldehydes is 1. The number of aliphatic carboxylic acids is 1. The molecule has 0 spiro atoms. The summed E-state index contributed by atoms with van der Waals surface area (Å²) in [4.78, 5) is 17.9. The van der Waals surface area contributed by atoms with Crippen molar-refractivity contribution >= 4 is 12.3 Å². The fourth-order valence-electron chi connectivity index (χ4n) is 0.643. The van der Waals surface area contributed by atoms with Crippen molar-refractivity contribution in [2.45, 2.75) is 6.92 Å². The molecule has 0 saturated carbocycles. The lowest BCUT2D eigenvalue weighted by Crippen LogP contribution is -1.91. The fraction of sp³-hybridized carbons (Fsp3) is 0.111. The quantitative estimate of drug-likeness (QED) is 0.350. The average Bonchev–Trinajstić information content (AvgIpc) is 2.15. The third kappa shape index (κ3) is 4.10. The number of carboxylic acids is 1. The first-order chi connectivity index (χ1) is 6.49. The second-order valence-corrected chi connectivity index (χ2v) is 2.40. The second kappa shape index (κ2) is 5.58. The Hall–Kier alpha value is -2.04. The minimum Gasteiger partial charge on any atom is -0.504 e. The third-order valence-corrected chi connectivity index (χ3v) is 1.32. The molecule has 0 radical (unpaired) electrons. The molecule has 0 aliphatic rings. The van der Waals surface area contributed by atoms with Gasteiger partial charge in [0.05, 0.1) is 0 Å². The van der Waals surface area contributed by atoms with E-state index < -0.39 is 5.97 Å². The fourth-order valence-corrected chi connectivity index (χ4v) is 0.643. The molecule has 0 bridgehead atoms. The van der Waals surface area contributed by atoms with Crippen molar-refractivity contribution < 1.29 is 24.9 Å². The number of rotatable bonds is 1. The Labute approximate surface area is 80.2 Å². The summed E-state index contributed by atoms with van der Waals surface area (Å²) in [5.74, 6) is -1.52. The highest BCUT2D eigenvalue weighted by molar-refractivity contribution is 6.19. The zero-order valence-electron chi connectivity index (χ0n) is 7.47. The van der Waals surface area contributed by atoms with Crippen LogP contribution in [0.5, 0.6) is 11.5 Å². The van der Waals surface area contributed by atoms with Crippen molar-refractivity contribution in [1.82, 2.24) is 0 Å². The van der Waals surface area contributed by atoms with E-state index in [1.165, 1.54) is 6.07 Å². The molecule has 1 aromatic carbocycles. The van der Waals surface area contributed by atoms with Crippen LogP contribution in [0.3, 0.4) is 0 Å². The largest absolute Gasteiger partial charge is 0.504 e. The monoisotopic (exact) mass is 198 g/mol. The summed E-state index contributed by atoms with van der Waals surface area (Å²) in [5, 5.41) is 25.2. The Bertz CT molecular complexity index is 312. The second-order valence-electron chi connectivity index (χ2n) is 2.40. The highest BCUT2D eigenvalue weighted by Crippen LogP contribution is 2.26. The van der Waals surface area contributed by atoms with Gasteiger partial charge in [-0.05, 0) is 18.6 Å². The molecule has 5 heteroatoms. The maximum absolute atomic E-state index is 9.00. The molecule has 5 nitrogen and oxygen atoms in total. The van der Waals surface area contributed by atoms with Gasteiger partial charge in [-0.15, -0.1) is 0 Å². The lowest BCUT2D eigenvalue weighted by atomic mass is 10.2. The number of hydrogen-bond acceptors (Lipinski definition) is 4. The summed E-state index contributed by atoms with van der Waals surface area (Å²) in [6.45, 7) is 1.73. The van der Waals surface area contributed by atoms with Crippen molar-refractivity contribution in [1.29, 1.82) is 0 Å². The van der Waals surface area contributed by atoms with E-state index in [0.717, 1.165) is 0 Å². The molecule has 0 aromatic heterocycles. The average molecular weight is 198 g/mol. The van der Waals surface area contributed by atoms with Gasteiger partial charge in [0.1, 0.15) is 0 Å². The Balaban J connectivity index is 0.000000292. The van der Waals surface area contributed by atoms with Crippen LogP contribution in [0.25, 0.3) is 0 Å². The van der Waals surface area contributed by atoms with E-state index >= 15 is 0 Å². The van der Waals surface area contributed by atoms with E-state index in [-0.39, 0.29) is 17.8 Å². The SMILES string of the molecule is Cc1cccc(O)c1O.O=CC(=O)O. The van der Waals surface area contributed by atoms with Crippen LogP contribution >= 0.6 is 0 Å². The maximum atomic E-state index is 9.00. The number of phenols is 2. The first-order valence-corrected chi connectivity index (χ1v) is 3.64. The van der Waals surface area contributed by atoms with Gasteiger partial charge in [-0.1, -0.05) is 12.1 Å². The molecular formula is C9H10O5. The van der Waals surface area contributed by atoms with E-state index in [4.69, 9.17) is 24.9 Å². The number of aromatic hydroxyl groups is 2. The first-order valence-electron chi connectivity index (χ1n) is 3.64. The van der Waals surface area contributed by atoms with E-state index in [2.05, 4.69) is 0 Å². The topological polar surface area (TPSA) is 94.8 Å². The zero-order valence-corrected chi connectivity index (χ0v) is 7.47. The molecular weight excluding hydrogens is 188 g/mol. The summed E-state index contributed by atoms with van der Waals surface area (Å²) in [6, 6.07) is 4.86. The zero-order chi connectivity index (χ0) is 11.1. The minimum absolute atomic E-state index is 0.0301. The Morgan fingerprint density at radius 1 is 1.36 bits per heavy atom. The Kier molecular flexibility index (Phi) is 4.77. The smallest absolute Gasteiger partial charge is 0.368 e. The predicted molar refractivity (Wildman–Crippen MR) is 48.2 cm³/mol. The molecule has 0 fully saturated rings. The highest BCUT2D eigenvalue weighted by atomic mass is 16.4. The lowest BCUT2D eigenvalue weighted by Gasteiger charge is -1.97. The number of phenolic OH excluding ortho intramolecular Hbond substituents is 2. The van der Waals surface area contributed by atoms with Crippen molar-refractivity contribution in [2.75, 3.05) is 0 Å². The maximum Gasteiger partial charge on any atom is 0.368 e. The van der Waals surface area contributed by atoms with Crippen LogP contribution in [0.15, 0.2) is 18.2 Å². The van der Waals surface area contributed by atoms with Gasteiger partial charge in [0.15, 0.2) is 11.5 Å². The number of benzene rings is 1. The van der Waals surface area contributed by atoms with Gasteiger partial charge in [-0.25, -0.2) is 4.79 Å². The molecule has 76 valence electrons. The molecule has 0 aliphatic heterocycles. The number of carbonyl (C=O) groups excluding carboxylic acids is 1. The van der Waals surface area contributed by atoms with E-state index in [0.29, 0.717) is 5.56 Å². The molecule has 0 saturated heterocycles. The third-order valence-electron chi connectivity index (χ3n) is 1.32. The van der Waals surface area contributed by atoms with Gasteiger partial charge in [0, 0.05) is 0 Å². The van der Waals surface area contributed by atoms with Crippen LogP contribution in [-0.4, -0.2) is 27.6 Å². The summed E-state index contributed by atoms with van der Waals surface area (Å²) in [5.41, 5.74) is 0.690. The normalized spacial score (nSPS) is 8.36. The van der Waals surface area contributed by atoms with Crippen LogP contribution in [0.2, 0.25) is 0 Å². The number of hydrogen-bond donors (Lipinski definition) is 3. The van der Waals surface area contributed by atoms with Gasteiger partial charge >= 0.3 is 5.97 Å². The molecule has 0 amide bonds. The highest BCUT2D eigenvalue weighted by Gasteiger charge is 1.98. The molecule has 3 N–H and O–H groups in total. The van der Waals surface area contributed by atoms with Crippen molar-refractivity contribution in [3.63, 3.8) is 0 Å². The van der Waals surface area contributed by atoms with Crippen LogP contribution in [-0.2, 0) is 9.59 Å². The van der Waals surface area contributed by atoms with Gasteiger partial charge in [-0.3, -0.25) is 4.79 Å². The van der Waals surface area contributed by atoms with E-state index in [9.17, 15) is 0 Å². The Morgan fingerprint density at radius 3 is 2.14 bits per heavy atom. The van der Waals surface area contributed by atoms with Crippen molar-refractivity contribution in [2.24, 2.45) is 0 Å². The van der Waals surface area contributed by atoms with Crippen LogP contribution in [0.1, 0.15) is 5.56 Å². The predicted octanol–water partition coefficient (Wildman–Crippen LogP) is 0.676. The number of aryl methyl sites for hydroxylation is 1. The number of carboxylic acid groups (broad SMARTS) is 1. The standard InChI is InChI=1S/C7H8O2.C2H2O3/c1-5-3-2-4-6(8)7(5)9;3-1-2(4)5/h2-4,8-9H,1H3;1H,(H,4,5). The summed E-state index contributed by atoms with van der Waals surface area (Å²) >= 11 is 0. The van der Waals surface area contributed by atoms with Crippen molar-refractivity contribution in [3.05, 3.63) is 23.8 Å². The molecule has 0 atom stereocenters.